The number of aromatic nitrogens is 3. The van der Waals surface area contributed by atoms with Gasteiger partial charge < -0.3 is 19.8 Å². The first-order valence-corrected chi connectivity index (χ1v) is 7.01. The average Bonchev–Trinajstić information content (AvgIpc) is 3.09. The predicted octanol–water partition coefficient (Wildman–Crippen LogP) is 2.00. The van der Waals surface area contributed by atoms with Crippen molar-refractivity contribution in [2.75, 3.05) is 37.9 Å². The molecule has 2 aromatic heterocycles. The van der Waals surface area contributed by atoms with E-state index in [0.717, 1.165) is 36.9 Å². The summed E-state index contributed by atoms with van der Waals surface area (Å²) < 4.78 is 7.18. The van der Waals surface area contributed by atoms with Crippen LogP contribution in [0.25, 0.3) is 5.65 Å². The summed E-state index contributed by atoms with van der Waals surface area (Å²) in [4.78, 5) is 8.93. The lowest BCUT2D eigenvalue weighted by Gasteiger charge is -2.16. The highest BCUT2D eigenvalue weighted by atomic mass is 16.5. The number of imidazole rings is 1. The molecule has 6 nitrogen and oxygen atoms in total. The van der Waals surface area contributed by atoms with E-state index in [4.69, 9.17) is 4.74 Å². The second-order valence-electron chi connectivity index (χ2n) is 5.48. The first-order chi connectivity index (χ1) is 9.76. The number of anilines is 2. The fourth-order valence-electron chi connectivity index (χ4n) is 2.45. The van der Waals surface area contributed by atoms with Crippen LogP contribution in [0.2, 0.25) is 0 Å². The van der Waals surface area contributed by atoms with Gasteiger partial charge in [0.1, 0.15) is 5.82 Å². The molecule has 2 aromatic rings. The van der Waals surface area contributed by atoms with Gasteiger partial charge in [0.15, 0.2) is 11.5 Å². The second kappa shape index (κ2) is 5.28. The molecule has 0 atom stereocenters. The highest BCUT2D eigenvalue weighted by Crippen LogP contribution is 2.48. The van der Waals surface area contributed by atoms with Crippen LogP contribution in [0.15, 0.2) is 18.6 Å². The second-order valence-corrected chi connectivity index (χ2v) is 5.48. The molecule has 0 aromatic carbocycles. The smallest absolute Gasteiger partial charge is 0.180 e. The van der Waals surface area contributed by atoms with Gasteiger partial charge in [0.25, 0.3) is 0 Å². The first-order valence-electron chi connectivity index (χ1n) is 7.01. The van der Waals surface area contributed by atoms with Gasteiger partial charge in [-0.3, -0.25) is 0 Å². The molecule has 2 N–H and O–H groups in total. The van der Waals surface area contributed by atoms with Crippen LogP contribution in [-0.2, 0) is 4.74 Å². The van der Waals surface area contributed by atoms with Crippen LogP contribution in [0.5, 0.6) is 0 Å². The van der Waals surface area contributed by atoms with Gasteiger partial charge in [0, 0.05) is 39.7 Å². The third-order valence-electron chi connectivity index (χ3n) is 4.05. The molecule has 0 unspecified atom stereocenters. The summed E-state index contributed by atoms with van der Waals surface area (Å²) in [5.41, 5.74) is 1.25. The Hall–Kier alpha value is -1.82. The Balaban J connectivity index is 1.75. The van der Waals surface area contributed by atoms with Gasteiger partial charge >= 0.3 is 0 Å². The molecular formula is C14H21N5O. The highest BCUT2D eigenvalue weighted by Gasteiger charge is 2.41. The number of rotatable bonds is 7. The van der Waals surface area contributed by atoms with Crippen LogP contribution in [0.3, 0.4) is 0 Å². The quantitative estimate of drug-likeness (QED) is 0.809. The van der Waals surface area contributed by atoms with Gasteiger partial charge in [-0.05, 0) is 24.7 Å². The zero-order valence-corrected chi connectivity index (χ0v) is 12.0. The lowest BCUT2D eigenvalue weighted by atomic mass is 10.0. The molecule has 1 aliphatic rings. The summed E-state index contributed by atoms with van der Waals surface area (Å²) in [5.74, 6) is 1.67. The van der Waals surface area contributed by atoms with Gasteiger partial charge in [0.05, 0.1) is 6.20 Å². The van der Waals surface area contributed by atoms with Crippen molar-refractivity contribution in [1.29, 1.82) is 0 Å². The van der Waals surface area contributed by atoms with Gasteiger partial charge in [-0.2, -0.15) is 0 Å². The molecule has 108 valence electrons. The molecule has 0 spiro atoms. The minimum atomic E-state index is 0.386. The number of ether oxygens (including phenoxy) is 1. The molecule has 20 heavy (non-hydrogen) atoms. The fraction of sp³-hybridized carbons (Fsp3) is 0.571. The van der Waals surface area contributed by atoms with E-state index in [9.17, 15) is 0 Å². The maximum atomic E-state index is 5.19. The van der Waals surface area contributed by atoms with Crippen molar-refractivity contribution in [1.82, 2.24) is 14.4 Å². The molecule has 2 heterocycles. The molecule has 0 radical (unpaired) electrons. The number of fused-ring (bicyclic) bond motifs is 1. The molecule has 1 saturated carbocycles. The number of methoxy groups -OCH3 is 1. The topological polar surface area (TPSA) is 63.5 Å². The lowest BCUT2D eigenvalue weighted by Crippen LogP contribution is -2.18. The summed E-state index contributed by atoms with van der Waals surface area (Å²) in [6, 6.07) is 0. The van der Waals surface area contributed by atoms with E-state index in [2.05, 4.69) is 20.6 Å². The normalized spacial score (nSPS) is 16.3. The third kappa shape index (κ3) is 2.56. The van der Waals surface area contributed by atoms with Gasteiger partial charge in [-0.25, -0.2) is 9.97 Å². The summed E-state index contributed by atoms with van der Waals surface area (Å²) >= 11 is 0. The Morgan fingerprint density at radius 3 is 3.00 bits per heavy atom. The van der Waals surface area contributed by atoms with Crippen molar-refractivity contribution in [2.45, 2.75) is 19.3 Å². The van der Waals surface area contributed by atoms with Crippen LogP contribution in [0.4, 0.5) is 11.6 Å². The number of nitrogens with zero attached hydrogens (tertiary/aromatic N) is 3. The lowest BCUT2D eigenvalue weighted by molar-refractivity contribution is 0.175. The number of hydrogen-bond acceptors (Lipinski definition) is 5. The number of hydrogen-bond donors (Lipinski definition) is 2. The standard InChI is InChI=1S/C14H21N5O/c1-15-11-9-19-7-6-16-13(19)12(18-11)17-10-14(3-4-14)5-8-20-2/h6-7,9,15H,3-5,8,10H2,1-2H3,(H,17,18). The molecule has 0 aliphatic heterocycles. The van der Waals surface area contributed by atoms with E-state index in [1.54, 1.807) is 13.3 Å². The van der Waals surface area contributed by atoms with E-state index in [1.165, 1.54) is 12.8 Å². The molecule has 1 fully saturated rings. The van der Waals surface area contributed by atoms with Crippen LogP contribution < -0.4 is 10.6 Å². The average molecular weight is 275 g/mol. The van der Waals surface area contributed by atoms with E-state index in [-0.39, 0.29) is 0 Å². The minimum Gasteiger partial charge on any atom is -0.385 e. The summed E-state index contributed by atoms with van der Waals surface area (Å²) in [6.45, 7) is 1.75. The molecule has 1 aliphatic carbocycles. The third-order valence-corrected chi connectivity index (χ3v) is 4.05. The van der Waals surface area contributed by atoms with Gasteiger partial charge in [-0.1, -0.05) is 0 Å². The van der Waals surface area contributed by atoms with E-state index in [1.807, 2.05) is 23.8 Å². The van der Waals surface area contributed by atoms with Crippen LogP contribution in [-0.4, -0.2) is 41.7 Å². The van der Waals surface area contributed by atoms with E-state index in [0.29, 0.717) is 5.41 Å². The predicted molar refractivity (Wildman–Crippen MR) is 79.2 cm³/mol. The fourth-order valence-corrected chi connectivity index (χ4v) is 2.45. The zero-order valence-electron chi connectivity index (χ0n) is 12.0. The van der Waals surface area contributed by atoms with E-state index >= 15 is 0 Å². The van der Waals surface area contributed by atoms with Crippen LogP contribution in [0.1, 0.15) is 19.3 Å². The summed E-state index contributed by atoms with van der Waals surface area (Å²) in [5, 5.41) is 6.55. The zero-order chi connectivity index (χ0) is 14.0. The Morgan fingerprint density at radius 2 is 2.30 bits per heavy atom. The Morgan fingerprint density at radius 1 is 1.45 bits per heavy atom. The van der Waals surface area contributed by atoms with Crippen molar-refractivity contribution < 1.29 is 4.74 Å². The van der Waals surface area contributed by atoms with Crippen molar-refractivity contribution in [3.8, 4) is 0 Å². The van der Waals surface area contributed by atoms with Crippen LogP contribution >= 0.6 is 0 Å². The molecule has 3 rings (SSSR count). The maximum absolute atomic E-state index is 5.19. The first kappa shape index (κ1) is 13.2. The summed E-state index contributed by atoms with van der Waals surface area (Å²) in [7, 11) is 3.63. The Labute approximate surface area is 118 Å². The molecule has 0 saturated heterocycles. The largest absolute Gasteiger partial charge is 0.385 e. The van der Waals surface area contributed by atoms with Crippen molar-refractivity contribution in [3.63, 3.8) is 0 Å². The molecule has 0 amide bonds. The molecule has 6 heteroatoms. The van der Waals surface area contributed by atoms with Crippen LogP contribution in [0, 0.1) is 5.41 Å². The van der Waals surface area contributed by atoms with Gasteiger partial charge in [0.2, 0.25) is 0 Å². The Kier molecular flexibility index (Phi) is 3.48. The number of nitrogens with one attached hydrogen (secondary N) is 2. The molecular weight excluding hydrogens is 254 g/mol. The molecule has 0 bridgehead atoms. The van der Waals surface area contributed by atoms with E-state index < -0.39 is 0 Å². The minimum absolute atomic E-state index is 0.386. The van der Waals surface area contributed by atoms with Crippen molar-refractivity contribution in [3.05, 3.63) is 18.6 Å². The van der Waals surface area contributed by atoms with Crippen molar-refractivity contribution >= 4 is 17.3 Å². The maximum Gasteiger partial charge on any atom is 0.180 e. The SMILES string of the molecule is CNc1cn2ccnc2c(NCC2(CCOC)CC2)n1. The van der Waals surface area contributed by atoms with Crippen molar-refractivity contribution in [2.24, 2.45) is 5.41 Å². The highest BCUT2D eigenvalue weighted by molar-refractivity contribution is 5.65. The monoisotopic (exact) mass is 275 g/mol. The Bertz CT molecular complexity index is 590. The van der Waals surface area contributed by atoms with Gasteiger partial charge in [-0.15, -0.1) is 0 Å². The summed E-state index contributed by atoms with van der Waals surface area (Å²) in [6.07, 6.45) is 9.29.